The van der Waals surface area contributed by atoms with Crippen LogP contribution in [0.15, 0.2) is 17.3 Å². The van der Waals surface area contributed by atoms with Crippen LogP contribution in [0.25, 0.3) is 11.0 Å². The zero-order chi connectivity index (χ0) is 14.4. The van der Waals surface area contributed by atoms with Crippen LogP contribution in [0.1, 0.15) is 18.9 Å². The van der Waals surface area contributed by atoms with Crippen molar-refractivity contribution < 1.29 is 5.11 Å². The zero-order valence-corrected chi connectivity index (χ0v) is 12.3. The molecule has 2 aromatic heterocycles. The average molecular weight is 296 g/mol. The molecule has 7 heteroatoms. The van der Waals surface area contributed by atoms with E-state index in [1.165, 1.54) is 6.33 Å². The standard InChI is InChI=1S/C13H20N4O2S/c1-2-3-20-7-10(18)6-14-4-9-5-15-12-11(9)16-8-17-13(12)19/h5,8,10,14-15,18H,2-4,6-7H2,1H3,(H,16,17,19)/t10-/m0/s1. The molecule has 0 saturated heterocycles. The molecule has 0 aliphatic carbocycles. The number of aromatic amines is 2. The monoisotopic (exact) mass is 296 g/mol. The molecule has 4 N–H and O–H groups in total. The van der Waals surface area contributed by atoms with Crippen LogP contribution in [0, 0.1) is 0 Å². The number of nitrogens with zero attached hydrogens (tertiary/aromatic N) is 1. The smallest absolute Gasteiger partial charge is 0.275 e. The van der Waals surface area contributed by atoms with Gasteiger partial charge in [-0.15, -0.1) is 0 Å². The predicted octanol–water partition coefficient (Wildman–Crippen LogP) is 0.845. The van der Waals surface area contributed by atoms with E-state index in [-0.39, 0.29) is 11.7 Å². The second kappa shape index (κ2) is 7.47. The Morgan fingerprint density at radius 1 is 1.50 bits per heavy atom. The van der Waals surface area contributed by atoms with Crippen molar-refractivity contribution in [2.24, 2.45) is 0 Å². The van der Waals surface area contributed by atoms with Crippen molar-refractivity contribution in [1.82, 2.24) is 20.3 Å². The Hall–Kier alpha value is -1.31. The molecule has 0 saturated carbocycles. The van der Waals surface area contributed by atoms with Gasteiger partial charge in [-0.3, -0.25) is 4.79 Å². The Bertz CT molecular complexity index is 595. The molecular weight excluding hydrogens is 276 g/mol. The van der Waals surface area contributed by atoms with E-state index in [0.29, 0.717) is 24.1 Å². The van der Waals surface area contributed by atoms with E-state index in [4.69, 9.17) is 0 Å². The number of fused-ring (bicyclic) bond motifs is 1. The van der Waals surface area contributed by atoms with E-state index >= 15 is 0 Å². The van der Waals surface area contributed by atoms with Crippen molar-refractivity contribution in [2.75, 3.05) is 18.1 Å². The van der Waals surface area contributed by atoms with Gasteiger partial charge in [-0.25, -0.2) is 4.98 Å². The maximum absolute atomic E-state index is 11.5. The normalized spacial score (nSPS) is 12.9. The summed E-state index contributed by atoms with van der Waals surface area (Å²) in [6, 6.07) is 0. The average Bonchev–Trinajstić information content (AvgIpc) is 2.84. The van der Waals surface area contributed by atoms with Gasteiger partial charge in [0, 0.05) is 30.6 Å². The van der Waals surface area contributed by atoms with E-state index in [1.54, 1.807) is 18.0 Å². The summed E-state index contributed by atoms with van der Waals surface area (Å²) in [7, 11) is 0. The lowest BCUT2D eigenvalue weighted by Gasteiger charge is -2.10. The van der Waals surface area contributed by atoms with Crippen molar-refractivity contribution in [2.45, 2.75) is 26.0 Å². The van der Waals surface area contributed by atoms with Crippen molar-refractivity contribution in [3.63, 3.8) is 0 Å². The molecule has 1 atom stereocenters. The van der Waals surface area contributed by atoms with E-state index in [2.05, 4.69) is 27.2 Å². The number of thioether (sulfide) groups is 1. The lowest BCUT2D eigenvalue weighted by Crippen LogP contribution is -2.28. The van der Waals surface area contributed by atoms with Gasteiger partial charge in [-0.1, -0.05) is 6.92 Å². The molecular formula is C13H20N4O2S. The highest BCUT2D eigenvalue weighted by Gasteiger charge is 2.08. The number of H-pyrrole nitrogens is 2. The first-order valence-corrected chi connectivity index (χ1v) is 7.88. The van der Waals surface area contributed by atoms with Crippen LogP contribution in [-0.4, -0.2) is 44.2 Å². The Labute approximate surface area is 121 Å². The first-order chi connectivity index (χ1) is 9.72. The van der Waals surface area contributed by atoms with Crippen LogP contribution in [0.3, 0.4) is 0 Å². The van der Waals surface area contributed by atoms with Gasteiger partial charge in [0.25, 0.3) is 5.56 Å². The Morgan fingerprint density at radius 2 is 2.35 bits per heavy atom. The molecule has 6 nitrogen and oxygen atoms in total. The minimum atomic E-state index is -0.354. The summed E-state index contributed by atoms with van der Waals surface area (Å²) in [6.45, 7) is 3.24. The van der Waals surface area contributed by atoms with Gasteiger partial charge in [-0.05, 0) is 12.2 Å². The van der Waals surface area contributed by atoms with Gasteiger partial charge in [-0.2, -0.15) is 11.8 Å². The molecule has 0 amide bonds. The quantitative estimate of drug-likeness (QED) is 0.542. The van der Waals surface area contributed by atoms with Crippen LogP contribution < -0.4 is 10.9 Å². The van der Waals surface area contributed by atoms with E-state index in [9.17, 15) is 9.90 Å². The Kier molecular flexibility index (Phi) is 5.63. The van der Waals surface area contributed by atoms with Crippen LogP contribution in [0.2, 0.25) is 0 Å². The molecule has 0 spiro atoms. The summed E-state index contributed by atoms with van der Waals surface area (Å²) >= 11 is 1.76. The Morgan fingerprint density at radius 3 is 3.15 bits per heavy atom. The Balaban J connectivity index is 1.84. The topological polar surface area (TPSA) is 93.8 Å². The molecule has 0 fully saturated rings. The third kappa shape index (κ3) is 3.84. The highest BCUT2D eigenvalue weighted by atomic mass is 32.2. The SMILES string of the molecule is CCCSC[C@@H](O)CNCc1c[nH]c2c(=O)[nH]cnc12. The predicted molar refractivity (Wildman–Crippen MR) is 82.0 cm³/mol. The van der Waals surface area contributed by atoms with Crippen molar-refractivity contribution >= 4 is 22.8 Å². The van der Waals surface area contributed by atoms with Crippen molar-refractivity contribution in [3.8, 4) is 0 Å². The first-order valence-electron chi connectivity index (χ1n) is 6.72. The molecule has 0 radical (unpaired) electrons. The minimum absolute atomic E-state index is 0.169. The summed E-state index contributed by atoms with van der Waals surface area (Å²) in [6.07, 6.45) is 3.95. The molecule has 2 aromatic rings. The summed E-state index contributed by atoms with van der Waals surface area (Å²) in [5.74, 6) is 1.82. The molecule has 0 aliphatic heterocycles. The van der Waals surface area contributed by atoms with Crippen LogP contribution in [0.5, 0.6) is 0 Å². The van der Waals surface area contributed by atoms with Crippen molar-refractivity contribution in [1.29, 1.82) is 0 Å². The van der Waals surface area contributed by atoms with Gasteiger partial charge in [0.15, 0.2) is 0 Å². The third-order valence-electron chi connectivity index (χ3n) is 2.90. The van der Waals surface area contributed by atoms with E-state index < -0.39 is 0 Å². The fraction of sp³-hybridized carbons (Fsp3) is 0.538. The highest BCUT2D eigenvalue weighted by molar-refractivity contribution is 7.99. The molecule has 0 aliphatic rings. The second-order valence-corrected chi connectivity index (χ2v) is 5.78. The maximum Gasteiger partial charge on any atom is 0.275 e. The summed E-state index contributed by atoms with van der Waals surface area (Å²) < 4.78 is 0. The third-order valence-corrected chi connectivity index (χ3v) is 4.22. The van der Waals surface area contributed by atoms with Crippen LogP contribution in [0.4, 0.5) is 0 Å². The lowest BCUT2D eigenvalue weighted by molar-refractivity contribution is 0.195. The fourth-order valence-corrected chi connectivity index (χ4v) is 2.78. The summed E-state index contributed by atoms with van der Waals surface area (Å²) in [5, 5.41) is 13.0. The first kappa shape index (κ1) is 15.1. The van der Waals surface area contributed by atoms with Crippen LogP contribution >= 0.6 is 11.8 Å². The van der Waals surface area contributed by atoms with Gasteiger partial charge in [0.05, 0.1) is 17.9 Å². The fourth-order valence-electron chi connectivity index (χ4n) is 1.94. The zero-order valence-electron chi connectivity index (χ0n) is 11.5. The van der Waals surface area contributed by atoms with E-state index in [1.807, 2.05) is 0 Å². The van der Waals surface area contributed by atoms with Gasteiger partial charge < -0.3 is 20.4 Å². The molecule has 0 bridgehead atoms. The highest BCUT2D eigenvalue weighted by Crippen LogP contribution is 2.11. The molecule has 110 valence electrons. The number of aliphatic hydroxyl groups is 1. The lowest BCUT2D eigenvalue weighted by atomic mass is 10.3. The molecule has 2 rings (SSSR count). The second-order valence-electron chi connectivity index (χ2n) is 4.63. The van der Waals surface area contributed by atoms with Gasteiger partial charge in [0.1, 0.15) is 5.52 Å². The van der Waals surface area contributed by atoms with Gasteiger partial charge in [0.2, 0.25) is 0 Å². The molecule has 20 heavy (non-hydrogen) atoms. The largest absolute Gasteiger partial charge is 0.391 e. The van der Waals surface area contributed by atoms with Crippen LogP contribution in [-0.2, 0) is 6.54 Å². The maximum atomic E-state index is 11.5. The number of nitrogens with one attached hydrogen (secondary N) is 3. The number of aliphatic hydroxyl groups excluding tert-OH is 1. The van der Waals surface area contributed by atoms with E-state index in [0.717, 1.165) is 23.5 Å². The molecule has 2 heterocycles. The number of rotatable bonds is 8. The number of aromatic nitrogens is 3. The van der Waals surface area contributed by atoms with Gasteiger partial charge >= 0.3 is 0 Å². The number of hydrogen-bond acceptors (Lipinski definition) is 5. The van der Waals surface area contributed by atoms with Crippen molar-refractivity contribution in [3.05, 3.63) is 28.4 Å². The molecule has 0 aromatic carbocycles. The number of hydrogen-bond donors (Lipinski definition) is 4. The molecule has 0 unspecified atom stereocenters. The summed E-state index contributed by atoms with van der Waals surface area (Å²) in [4.78, 5) is 21.2. The summed E-state index contributed by atoms with van der Waals surface area (Å²) in [5.41, 5.74) is 1.93. The minimum Gasteiger partial charge on any atom is -0.391 e.